The van der Waals surface area contributed by atoms with E-state index in [9.17, 15) is 10.1 Å². The van der Waals surface area contributed by atoms with Crippen LogP contribution in [-0.2, 0) is 4.74 Å². The summed E-state index contributed by atoms with van der Waals surface area (Å²) in [6.45, 7) is 0.414. The molecule has 5 nitrogen and oxygen atoms in total. The van der Waals surface area contributed by atoms with E-state index in [2.05, 4.69) is 21.2 Å². The lowest BCUT2D eigenvalue weighted by Gasteiger charge is -2.19. The molecule has 0 saturated heterocycles. The first-order valence-electron chi connectivity index (χ1n) is 6.36. The Labute approximate surface area is 131 Å². The molecule has 0 aliphatic rings. The van der Waals surface area contributed by atoms with Gasteiger partial charge in [-0.3, -0.25) is 10.1 Å². The van der Waals surface area contributed by atoms with E-state index in [1.54, 1.807) is 19.2 Å². The zero-order valence-corrected chi connectivity index (χ0v) is 13.0. The lowest BCUT2D eigenvalue weighted by Crippen LogP contribution is -2.17. The minimum Gasteiger partial charge on any atom is -0.382 e. The van der Waals surface area contributed by atoms with Crippen LogP contribution < -0.4 is 5.32 Å². The highest BCUT2D eigenvalue weighted by Gasteiger charge is 2.18. The second-order valence-electron chi connectivity index (χ2n) is 4.48. The molecule has 1 atom stereocenters. The number of methoxy groups -OCH3 is 1. The Bertz CT molecular complexity index is 620. The first-order chi connectivity index (χ1) is 10.1. The van der Waals surface area contributed by atoms with Crippen molar-refractivity contribution in [3.8, 4) is 0 Å². The van der Waals surface area contributed by atoms with Crippen molar-refractivity contribution in [2.24, 2.45) is 0 Å². The van der Waals surface area contributed by atoms with Crippen molar-refractivity contribution in [1.29, 1.82) is 0 Å². The van der Waals surface area contributed by atoms with Crippen molar-refractivity contribution in [3.63, 3.8) is 0 Å². The minimum absolute atomic E-state index is 0.0291. The lowest BCUT2D eigenvalue weighted by molar-refractivity contribution is -0.384. The van der Waals surface area contributed by atoms with Crippen LogP contribution in [0.4, 0.5) is 11.4 Å². The van der Waals surface area contributed by atoms with Gasteiger partial charge in [-0.25, -0.2) is 0 Å². The lowest BCUT2D eigenvalue weighted by atomic mass is 10.1. The van der Waals surface area contributed by atoms with E-state index in [0.29, 0.717) is 16.8 Å². The number of benzene rings is 2. The van der Waals surface area contributed by atoms with Crippen molar-refractivity contribution in [1.82, 2.24) is 0 Å². The smallest absolute Gasteiger partial charge is 0.293 e. The Kier molecular flexibility index (Phi) is 5.30. The fourth-order valence-electron chi connectivity index (χ4n) is 2.04. The molecule has 0 aromatic heterocycles. The van der Waals surface area contributed by atoms with Gasteiger partial charge in [-0.1, -0.05) is 46.3 Å². The van der Waals surface area contributed by atoms with E-state index in [1.807, 2.05) is 30.3 Å². The van der Waals surface area contributed by atoms with Gasteiger partial charge < -0.3 is 10.1 Å². The molecular weight excluding hydrogens is 336 g/mol. The van der Waals surface area contributed by atoms with Gasteiger partial charge in [0.1, 0.15) is 5.69 Å². The third-order valence-electron chi connectivity index (χ3n) is 3.02. The van der Waals surface area contributed by atoms with Gasteiger partial charge in [-0.15, -0.1) is 0 Å². The second-order valence-corrected chi connectivity index (χ2v) is 5.40. The number of nitro groups is 1. The van der Waals surface area contributed by atoms with Gasteiger partial charge in [-0.2, -0.15) is 0 Å². The number of nitro benzene ring substituents is 1. The summed E-state index contributed by atoms with van der Waals surface area (Å²) in [5.74, 6) is 0. The summed E-state index contributed by atoms with van der Waals surface area (Å²) in [6.07, 6.45) is 0. The summed E-state index contributed by atoms with van der Waals surface area (Å²) in [6, 6.07) is 14.5. The Morgan fingerprint density at radius 2 is 2.00 bits per heavy atom. The summed E-state index contributed by atoms with van der Waals surface area (Å²) >= 11 is 3.25. The van der Waals surface area contributed by atoms with E-state index in [1.165, 1.54) is 6.07 Å². The van der Waals surface area contributed by atoms with Crippen molar-refractivity contribution < 1.29 is 9.66 Å². The molecule has 2 aromatic carbocycles. The maximum absolute atomic E-state index is 11.2. The SMILES string of the molecule is COCC(Nc1ccc(Br)cc1[N+](=O)[O-])c1ccccc1. The molecule has 110 valence electrons. The van der Waals surface area contributed by atoms with Crippen LogP contribution in [-0.4, -0.2) is 18.6 Å². The molecule has 0 aliphatic heterocycles. The fraction of sp³-hybridized carbons (Fsp3) is 0.200. The zero-order chi connectivity index (χ0) is 15.2. The number of anilines is 1. The number of hydrogen-bond acceptors (Lipinski definition) is 4. The van der Waals surface area contributed by atoms with E-state index in [-0.39, 0.29) is 11.7 Å². The summed E-state index contributed by atoms with van der Waals surface area (Å²) < 4.78 is 5.88. The summed E-state index contributed by atoms with van der Waals surface area (Å²) in [4.78, 5) is 10.8. The zero-order valence-electron chi connectivity index (χ0n) is 11.5. The molecule has 1 N–H and O–H groups in total. The van der Waals surface area contributed by atoms with Gasteiger partial charge in [0.05, 0.1) is 17.6 Å². The molecule has 0 amide bonds. The summed E-state index contributed by atoms with van der Waals surface area (Å²) in [7, 11) is 1.60. The maximum atomic E-state index is 11.2. The van der Waals surface area contributed by atoms with Crippen LogP contribution in [0.15, 0.2) is 53.0 Å². The Morgan fingerprint density at radius 1 is 1.29 bits per heavy atom. The molecule has 0 bridgehead atoms. The molecule has 0 spiro atoms. The predicted octanol–water partition coefficient (Wildman–Crippen LogP) is 4.16. The fourth-order valence-corrected chi connectivity index (χ4v) is 2.39. The molecule has 0 fully saturated rings. The predicted molar refractivity (Wildman–Crippen MR) is 85.5 cm³/mol. The Morgan fingerprint density at radius 3 is 2.62 bits per heavy atom. The van der Waals surface area contributed by atoms with Crippen LogP contribution in [0.2, 0.25) is 0 Å². The standard InChI is InChI=1S/C15H15BrN2O3/c1-21-10-14(11-5-3-2-4-6-11)17-13-8-7-12(16)9-15(13)18(19)20/h2-9,14,17H,10H2,1H3. The summed E-state index contributed by atoms with van der Waals surface area (Å²) in [5, 5.41) is 14.3. The van der Waals surface area contributed by atoms with Gasteiger partial charge in [0, 0.05) is 17.6 Å². The maximum Gasteiger partial charge on any atom is 0.293 e. The summed E-state index contributed by atoms with van der Waals surface area (Å²) in [5.41, 5.74) is 1.51. The molecule has 1 unspecified atom stereocenters. The average Bonchev–Trinajstić information content (AvgIpc) is 2.49. The van der Waals surface area contributed by atoms with Crippen LogP contribution in [0.3, 0.4) is 0 Å². The van der Waals surface area contributed by atoms with Crippen molar-refractivity contribution in [2.45, 2.75) is 6.04 Å². The number of nitrogens with one attached hydrogen (secondary N) is 1. The molecule has 2 rings (SSSR count). The largest absolute Gasteiger partial charge is 0.382 e. The number of hydrogen-bond donors (Lipinski definition) is 1. The van der Waals surface area contributed by atoms with Gasteiger partial charge in [0.15, 0.2) is 0 Å². The van der Waals surface area contributed by atoms with Gasteiger partial charge in [-0.05, 0) is 17.7 Å². The third-order valence-corrected chi connectivity index (χ3v) is 3.51. The van der Waals surface area contributed by atoms with E-state index >= 15 is 0 Å². The van der Waals surface area contributed by atoms with Crippen molar-refractivity contribution in [3.05, 3.63) is 68.7 Å². The van der Waals surface area contributed by atoms with Crippen LogP contribution in [0.1, 0.15) is 11.6 Å². The molecule has 2 aromatic rings. The second kappa shape index (κ2) is 7.19. The van der Waals surface area contributed by atoms with Gasteiger partial charge in [0.2, 0.25) is 0 Å². The molecule has 6 heteroatoms. The van der Waals surface area contributed by atoms with Crippen molar-refractivity contribution in [2.75, 3.05) is 19.0 Å². The van der Waals surface area contributed by atoms with E-state index < -0.39 is 4.92 Å². The molecule has 0 saturated carbocycles. The van der Waals surface area contributed by atoms with Crippen LogP contribution in [0.5, 0.6) is 0 Å². The average molecular weight is 351 g/mol. The minimum atomic E-state index is -0.401. The van der Waals surface area contributed by atoms with Crippen LogP contribution >= 0.6 is 15.9 Å². The molecule has 0 heterocycles. The number of rotatable bonds is 6. The van der Waals surface area contributed by atoms with Gasteiger partial charge >= 0.3 is 0 Å². The Balaban J connectivity index is 2.31. The molecular formula is C15H15BrN2O3. The molecule has 21 heavy (non-hydrogen) atoms. The highest BCUT2D eigenvalue weighted by Crippen LogP contribution is 2.31. The van der Waals surface area contributed by atoms with E-state index in [4.69, 9.17) is 4.74 Å². The monoisotopic (exact) mass is 350 g/mol. The highest BCUT2D eigenvalue weighted by atomic mass is 79.9. The van der Waals surface area contributed by atoms with Crippen LogP contribution in [0.25, 0.3) is 0 Å². The first-order valence-corrected chi connectivity index (χ1v) is 7.15. The quantitative estimate of drug-likeness (QED) is 0.627. The van der Waals surface area contributed by atoms with Gasteiger partial charge in [0.25, 0.3) is 5.69 Å². The normalized spacial score (nSPS) is 11.9. The molecule has 0 aliphatic carbocycles. The van der Waals surface area contributed by atoms with Crippen molar-refractivity contribution >= 4 is 27.3 Å². The number of nitrogens with zero attached hydrogens (tertiary/aromatic N) is 1. The Hall–Kier alpha value is -1.92. The number of ether oxygens (including phenoxy) is 1. The third kappa shape index (κ3) is 4.03. The number of halogens is 1. The topological polar surface area (TPSA) is 64.4 Å². The molecule has 0 radical (unpaired) electrons. The first kappa shape index (κ1) is 15.5. The van der Waals surface area contributed by atoms with Crippen LogP contribution in [0, 0.1) is 10.1 Å². The van der Waals surface area contributed by atoms with E-state index in [0.717, 1.165) is 5.56 Å². The highest BCUT2D eigenvalue weighted by molar-refractivity contribution is 9.10.